The van der Waals surface area contributed by atoms with Gasteiger partial charge in [-0.3, -0.25) is 19.3 Å². The molecule has 3 rings (SSSR count). The van der Waals surface area contributed by atoms with Crippen molar-refractivity contribution in [2.75, 3.05) is 19.0 Å². The molecule has 148 valence electrons. The maximum Gasteiger partial charge on any atom is 0.264 e. The highest BCUT2D eigenvalue weighted by Crippen LogP contribution is 2.23. The van der Waals surface area contributed by atoms with E-state index in [0.717, 1.165) is 24.9 Å². The zero-order valence-electron chi connectivity index (χ0n) is 16.3. The van der Waals surface area contributed by atoms with E-state index in [1.54, 1.807) is 4.57 Å². The summed E-state index contributed by atoms with van der Waals surface area (Å²) in [6.45, 7) is 0.532. The van der Waals surface area contributed by atoms with Crippen LogP contribution in [0.4, 0.5) is 11.4 Å². The van der Waals surface area contributed by atoms with E-state index >= 15 is 0 Å². The zero-order chi connectivity index (χ0) is 20.1. The van der Waals surface area contributed by atoms with E-state index in [1.807, 2.05) is 43.3 Å². The number of nitrogens with one attached hydrogen (secondary N) is 1. The van der Waals surface area contributed by atoms with Crippen LogP contribution in [-0.4, -0.2) is 35.0 Å². The number of nitrogens with zero attached hydrogens (tertiary/aromatic N) is 3. The Balaban J connectivity index is 1.87. The van der Waals surface area contributed by atoms with Crippen LogP contribution >= 0.6 is 12.2 Å². The van der Waals surface area contributed by atoms with E-state index < -0.39 is 5.56 Å². The van der Waals surface area contributed by atoms with Crippen molar-refractivity contribution in [3.8, 4) is 5.88 Å². The first-order valence-corrected chi connectivity index (χ1v) is 9.92. The van der Waals surface area contributed by atoms with Gasteiger partial charge in [-0.2, -0.15) is 0 Å². The van der Waals surface area contributed by atoms with Gasteiger partial charge in [0, 0.05) is 32.5 Å². The summed E-state index contributed by atoms with van der Waals surface area (Å²) in [6.07, 6.45) is 9.14. The Morgan fingerprint density at radius 3 is 2.89 bits per heavy atom. The minimum Gasteiger partial charge on any atom is -0.494 e. The summed E-state index contributed by atoms with van der Waals surface area (Å²) in [6, 6.07) is 7.63. The van der Waals surface area contributed by atoms with Crippen LogP contribution in [-0.2, 0) is 6.54 Å². The molecule has 1 aliphatic rings. The number of anilines is 1. The van der Waals surface area contributed by atoms with E-state index in [2.05, 4.69) is 16.1 Å². The number of aromatic hydroxyl groups is 1. The van der Waals surface area contributed by atoms with E-state index in [0.29, 0.717) is 12.2 Å². The quantitative estimate of drug-likeness (QED) is 0.432. The summed E-state index contributed by atoms with van der Waals surface area (Å²) < 4.78 is 1.80. The molecule has 0 fully saturated rings. The Morgan fingerprint density at radius 2 is 2.18 bits per heavy atom. The van der Waals surface area contributed by atoms with Crippen molar-refractivity contribution in [2.45, 2.75) is 38.6 Å². The third-order valence-electron chi connectivity index (χ3n) is 4.94. The molecule has 0 unspecified atom stereocenters. The fraction of sp³-hybridized carbons (Fsp3) is 0.381. The van der Waals surface area contributed by atoms with Crippen LogP contribution in [0.2, 0.25) is 0 Å². The largest absolute Gasteiger partial charge is 0.494 e. The average Bonchev–Trinajstić information content (AvgIpc) is 2.68. The molecule has 7 heteroatoms. The summed E-state index contributed by atoms with van der Waals surface area (Å²) in [7, 11) is 3.90. The van der Waals surface area contributed by atoms with Crippen molar-refractivity contribution in [1.29, 1.82) is 0 Å². The molecule has 0 radical (unpaired) electrons. The second kappa shape index (κ2) is 9.01. The molecule has 0 saturated carbocycles. The molecule has 28 heavy (non-hydrogen) atoms. The number of hydrogen-bond donors (Lipinski definition) is 2. The Labute approximate surface area is 169 Å². The molecule has 0 spiro atoms. The first kappa shape index (κ1) is 20.1. The highest BCUT2D eigenvalue weighted by atomic mass is 32.1. The van der Waals surface area contributed by atoms with Crippen LogP contribution in [0.25, 0.3) is 0 Å². The molecule has 0 amide bonds. The molecule has 6 nitrogen and oxygen atoms in total. The lowest BCUT2D eigenvalue weighted by Gasteiger charge is -2.15. The van der Waals surface area contributed by atoms with E-state index in [-0.39, 0.29) is 16.2 Å². The molecule has 0 aliphatic heterocycles. The maximum atomic E-state index is 12.3. The normalized spacial score (nSPS) is 14.3. The van der Waals surface area contributed by atoms with E-state index in [4.69, 9.17) is 12.2 Å². The predicted molar refractivity (Wildman–Crippen MR) is 117 cm³/mol. The van der Waals surface area contributed by atoms with Crippen molar-refractivity contribution in [3.05, 3.63) is 56.6 Å². The minimum atomic E-state index is -0.442. The molecule has 1 aliphatic carbocycles. The smallest absolute Gasteiger partial charge is 0.264 e. The van der Waals surface area contributed by atoms with Gasteiger partial charge in [0.25, 0.3) is 5.56 Å². The molecule has 1 aromatic carbocycles. The molecule has 0 bridgehead atoms. The summed E-state index contributed by atoms with van der Waals surface area (Å²) in [5, 5.41) is 10.7. The lowest BCUT2D eigenvalue weighted by atomic mass is 9.97. The molecular formula is C21H26N4O2S. The predicted octanol–water partition coefficient (Wildman–Crippen LogP) is 4.32. The third-order valence-corrected chi connectivity index (χ3v) is 5.26. The number of hydrogen-bond acceptors (Lipinski definition) is 5. The number of rotatable bonds is 6. The van der Waals surface area contributed by atoms with Gasteiger partial charge in [-0.05, 0) is 62.5 Å². The monoisotopic (exact) mass is 398 g/mol. The van der Waals surface area contributed by atoms with Gasteiger partial charge in [0.1, 0.15) is 5.56 Å². The summed E-state index contributed by atoms with van der Waals surface area (Å²) >= 11 is 5.25. The molecular weight excluding hydrogens is 372 g/mol. The number of H-pyrrole nitrogens is 1. The van der Waals surface area contributed by atoms with Gasteiger partial charge in [-0.25, -0.2) is 0 Å². The number of aliphatic imine (C=N–C) groups is 1. The van der Waals surface area contributed by atoms with Gasteiger partial charge >= 0.3 is 0 Å². The van der Waals surface area contributed by atoms with Crippen LogP contribution in [0.3, 0.4) is 0 Å². The number of aromatic amines is 1. The van der Waals surface area contributed by atoms with Crippen LogP contribution in [0.15, 0.2) is 45.7 Å². The van der Waals surface area contributed by atoms with Crippen molar-refractivity contribution in [1.82, 2.24) is 9.55 Å². The van der Waals surface area contributed by atoms with Gasteiger partial charge in [0.15, 0.2) is 4.77 Å². The minimum absolute atomic E-state index is 0.112. The number of allylic oxidation sites excluding steroid dienone is 2. The molecule has 0 saturated heterocycles. The second-order valence-electron chi connectivity index (χ2n) is 7.18. The Morgan fingerprint density at radius 1 is 1.36 bits per heavy atom. The van der Waals surface area contributed by atoms with Crippen LogP contribution in [0.5, 0.6) is 5.88 Å². The Kier molecular flexibility index (Phi) is 6.46. The van der Waals surface area contributed by atoms with Crippen molar-refractivity contribution >= 4 is 29.8 Å². The fourth-order valence-corrected chi connectivity index (χ4v) is 3.55. The van der Waals surface area contributed by atoms with E-state index in [1.165, 1.54) is 24.6 Å². The molecule has 2 aromatic rings. The van der Waals surface area contributed by atoms with Crippen LogP contribution in [0, 0.1) is 4.77 Å². The Hall–Kier alpha value is -2.67. The topological polar surface area (TPSA) is 73.6 Å². The van der Waals surface area contributed by atoms with Crippen LogP contribution < -0.4 is 10.5 Å². The highest BCUT2D eigenvalue weighted by molar-refractivity contribution is 7.71. The zero-order valence-corrected chi connectivity index (χ0v) is 17.1. The van der Waals surface area contributed by atoms with E-state index in [9.17, 15) is 9.90 Å². The SMILES string of the molecule is CN(C)c1cccc(N=Cc2c(O)n(CCC3=CCCCC3)c(=S)[nH]c2=O)c1. The lowest BCUT2D eigenvalue weighted by molar-refractivity contribution is 0.402. The van der Waals surface area contributed by atoms with Gasteiger partial charge < -0.3 is 10.0 Å². The maximum absolute atomic E-state index is 12.3. The molecule has 1 aromatic heterocycles. The third kappa shape index (κ3) is 4.78. The summed E-state index contributed by atoms with van der Waals surface area (Å²) in [4.78, 5) is 21.3. The first-order valence-electron chi connectivity index (χ1n) is 9.51. The number of aromatic nitrogens is 2. The van der Waals surface area contributed by atoms with Crippen molar-refractivity contribution in [2.24, 2.45) is 4.99 Å². The molecule has 0 atom stereocenters. The van der Waals surface area contributed by atoms with Gasteiger partial charge in [0.05, 0.1) is 5.69 Å². The molecule has 1 heterocycles. The summed E-state index contributed by atoms with van der Waals surface area (Å²) in [5.74, 6) is -0.141. The van der Waals surface area contributed by atoms with Gasteiger partial charge in [-0.15, -0.1) is 0 Å². The first-order chi connectivity index (χ1) is 13.5. The summed E-state index contributed by atoms with van der Waals surface area (Å²) in [5.41, 5.74) is 2.76. The lowest BCUT2D eigenvalue weighted by Crippen LogP contribution is -2.19. The second-order valence-corrected chi connectivity index (χ2v) is 7.57. The highest BCUT2D eigenvalue weighted by Gasteiger charge is 2.12. The molecule has 2 N–H and O–H groups in total. The van der Waals surface area contributed by atoms with Crippen LogP contribution in [0.1, 0.15) is 37.7 Å². The van der Waals surface area contributed by atoms with Crippen molar-refractivity contribution in [3.63, 3.8) is 0 Å². The Bertz CT molecular complexity index is 1020. The standard InChI is InChI=1S/C21H26N4O2S/c1-24(2)17-10-6-9-16(13-17)22-14-18-19(26)23-21(28)25(20(18)27)12-11-15-7-4-3-5-8-15/h6-7,9-10,13-14,27H,3-5,8,11-12H2,1-2H3,(H,23,26,28). The van der Waals surface area contributed by atoms with Crippen molar-refractivity contribution < 1.29 is 5.11 Å². The average molecular weight is 399 g/mol. The fourth-order valence-electron chi connectivity index (χ4n) is 3.28. The van der Waals surface area contributed by atoms with Gasteiger partial charge in [-0.1, -0.05) is 17.7 Å². The van der Waals surface area contributed by atoms with Gasteiger partial charge in [0.2, 0.25) is 5.88 Å². The number of benzene rings is 1.